The molecule has 0 spiro atoms. The van der Waals surface area contributed by atoms with Gasteiger partial charge in [-0.15, -0.1) is 0 Å². The van der Waals surface area contributed by atoms with Crippen molar-refractivity contribution in [2.75, 3.05) is 5.32 Å². The molecule has 2 aromatic rings. The highest BCUT2D eigenvalue weighted by atomic mass is 16.6. The summed E-state index contributed by atoms with van der Waals surface area (Å²) in [6, 6.07) is 6.00. The Balaban J connectivity index is 2.31. The van der Waals surface area contributed by atoms with Gasteiger partial charge in [-0.05, 0) is 19.1 Å². The number of pyridine rings is 2. The Hall–Kier alpha value is -3.03. The van der Waals surface area contributed by atoms with Crippen molar-refractivity contribution in [2.45, 2.75) is 13.0 Å². The Morgan fingerprint density at radius 1 is 1.43 bits per heavy atom. The van der Waals surface area contributed by atoms with Crippen molar-refractivity contribution in [3.8, 4) is 0 Å². The highest BCUT2D eigenvalue weighted by Crippen LogP contribution is 2.26. The van der Waals surface area contributed by atoms with Crippen molar-refractivity contribution in [1.82, 2.24) is 9.97 Å². The minimum absolute atomic E-state index is 0.00292. The van der Waals surface area contributed by atoms with E-state index < -0.39 is 16.6 Å². The van der Waals surface area contributed by atoms with Gasteiger partial charge in [0.1, 0.15) is 0 Å². The van der Waals surface area contributed by atoms with Gasteiger partial charge in [0.15, 0.2) is 0 Å². The highest BCUT2D eigenvalue weighted by molar-refractivity contribution is 5.88. The smallest absolute Gasteiger partial charge is 0.337 e. The molecule has 0 saturated heterocycles. The standard InChI is InChI=1S/C13H12N4O4/c1-8(10-4-2-3-5-14-10)16-12-11(17(20)21)6-9(7-15-12)13(18)19/h2-8H,1H3,(H,15,16)(H,18,19). The number of nitrogens with one attached hydrogen (secondary N) is 1. The number of hydrogen-bond acceptors (Lipinski definition) is 6. The molecular weight excluding hydrogens is 276 g/mol. The molecule has 0 aromatic carbocycles. The van der Waals surface area contributed by atoms with Crippen LogP contribution in [0.5, 0.6) is 0 Å². The molecule has 0 radical (unpaired) electrons. The summed E-state index contributed by atoms with van der Waals surface area (Å²) in [4.78, 5) is 29.2. The lowest BCUT2D eigenvalue weighted by molar-refractivity contribution is -0.384. The normalized spacial score (nSPS) is 11.7. The summed E-state index contributed by atoms with van der Waals surface area (Å²) in [5.74, 6) is -1.27. The van der Waals surface area contributed by atoms with E-state index >= 15 is 0 Å². The first kappa shape index (κ1) is 14.4. The molecule has 2 heterocycles. The molecule has 2 rings (SSSR count). The van der Waals surface area contributed by atoms with E-state index in [1.807, 2.05) is 0 Å². The van der Waals surface area contributed by atoms with Crippen molar-refractivity contribution in [2.24, 2.45) is 0 Å². The number of carboxylic acids is 1. The van der Waals surface area contributed by atoms with Crippen LogP contribution in [0.15, 0.2) is 36.7 Å². The Bertz CT molecular complexity index is 675. The number of hydrogen-bond donors (Lipinski definition) is 2. The van der Waals surface area contributed by atoms with E-state index in [4.69, 9.17) is 5.11 Å². The van der Waals surface area contributed by atoms with Crippen LogP contribution in [0, 0.1) is 10.1 Å². The summed E-state index contributed by atoms with van der Waals surface area (Å²) < 4.78 is 0. The predicted octanol–water partition coefficient (Wildman–Crippen LogP) is 2.26. The van der Waals surface area contributed by atoms with Gasteiger partial charge in [0.05, 0.1) is 22.2 Å². The molecule has 2 aromatic heterocycles. The molecule has 0 amide bonds. The third-order valence-corrected chi connectivity index (χ3v) is 2.80. The van der Waals surface area contributed by atoms with Crippen molar-refractivity contribution < 1.29 is 14.8 Å². The summed E-state index contributed by atoms with van der Waals surface area (Å²) in [6.07, 6.45) is 2.69. The van der Waals surface area contributed by atoms with E-state index in [2.05, 4.69) is 15.3 Å². The van der Waals surface area contributed by atoms with E-state index in [9.17, 15) is 14.9 Å². The lowest BCUT2D eigenvalue weighted by atomic mass is 10.2. The van der Waals surface area contributed by atoms with Crippen molar-refractivity contribution in [3.05, 3.63) is 58.0 Å². The maximum Gasteiger partial charge on any atom is 0.337 e. The van der Waals surface area contributed by atoms with E-state index in [1.54, 1.807) is 31.3 Å². The minimum Gasteiger partial charge on any atom is -0.478 e. The Labute approximate surface area is 119 Å². The number of aromatic nitrogens is 2. The zero-order valence-corrected chi connectivity index (χ0v) is 11.1. The second-order valence-corrected chi connectivity index (χ2v) is 4.27. The number of carbonyl (C=O) groups is 1. The molecule has 0 saturated carbocycles. The molecule has 108 valence electrons. The van der Waals surface area contributed by atoms with E-state index in [-0.39, 0.29) is 17.4 Å². The maximum atomic E-state index is 11.0. The molecular formula is C13H12N4O4. The zero-order valence-electron chi connectivity index (χ0n) is 11.1. The Kier molecular flexibility index (Phi) is 4.07. The Morgan fingerprint density at radius 3 is 2.76 bits per heavy atom. The molecule has 1 atom stereocenters. The van der Waals surface area contributed by atoms with E-state index in [0.717, 1.165) is 12.3 Å². The van der Waals surface area contributed by atoms with Gasteiger partial charge in [-0.3, -0.25) is 15.1 Å². The fraction of sp³-hybridized carbons (Fsp3) is 0.154. The second kappa shape index (κ2) is 5.95. The largest absolute Gasteiger partial charge is 0.478 e. The lowest BCUT2D eigenvalue weighted by Gasteiger charge is -2.13. The van der Waals surface area contributed by atoms with Gasteiger partial charge >= 0.3 is 11.7 Å². The lowest BCUT2D eigenvalue weighted by Crippen LogP contribution is -2.12. The molecule has 0 aliphatic carbocycles. The molecule has 0 aliphatic heterocycles. The number of nitrogens with zero attached hydrogens (tertiary/aromatic N) is 3. The first-order chi connectivity index (χ1) is 9.99. The summed E-state index contributed by atoms with van der Waals surface area (Å²) in [7, 11) is 0. The molecule has 0 aliphatic rings. The van der Waals surface area contributed by atoms with Crippen molar-refractivity contribution >= 4 is 17.5 Å². The predicted molar refractivity (Wildman–Crippen MR) is 74.1 cm³/mol. The minimum atomic E-state index is -1.27. The molecule has 2 N–H and O–H groups in total. The number of anilines is 1. The molecule has 8 heteroatoms. The first-order valence-electron chi connectivity index (χ1n) is 6.04. The van der Waals surface area contributed by atoms with Gasteiger partial charge in [-0.25, -0.2) is 9.78 Å². The average Bonchev–Trinajstić information content (AvgIpc) is 2.48. The summed E-state index contributed by atoms with van der Waals surface area (Å²) in [5.41, 5.74) is 0.0614. The molecule has 21 heavy (non-hydrogen) atoms. The average molecular weight is 288 g/mol. The van der Waals surface area contributed by atoms with Crippen LogP contribution >= 0.6 is 0 Å². The van der Waals surface area contributed by atoms with Crippen LogP contribution in [0.2, 0.25) is 0 Å². The quantitative estimate of drug-likeness (QED) is 0.639. The summed E-state index contributed by atoms with van der Waals surface area (Å²) in [5, 5.41) is 22.7. The van der Waals surface area contributed by atoms with Crippen LogP contribution in [0.25, 0.3) is 0 Å². The van der Waals surface area contributed by atoms with Crippen LogP contribution in [-0.4, -0.2) is 26.0 Å². The fourth-order valence-corrected chi connectivity index (χ4v) is 1.73. The van der Waals surface area contributed by atoms with Crippen LogP contribution < -0.4 is 5.32 Å². The van der Waals surface area contributed by atoms with Gasteiger partial charge in [-0.2, -0.15) is 0 Å². The van der Waals surface area contributed by atoms with Gasteiger partial charge in [0.2, 0.25) is 5.82 Å². The molecule has 0 fully saturated rings. The topological polar surface area (TPSA) is 118 Å². The third-order valence-electron chi connectivity index (χ3n) is 2.80. The number of aromatic carboxylic acids is 1. The SMILES string of the molecule is CC(Nc1ncc(C(=O)O)cc1[N+](=O)[O-])c1ccccn1. The number of carboxylic acid groups (broad SMARTS) is 1. The van der Waals surface area contributed by atoms with Gasteiger partial charge in [-0.1, -0.05) is 6.07 Å². The second-order valence-electron chi connectivity index (χ2n) is 4.27. The van der Waals surface area contributed by atoms with Gasteiger partial charge in [0.25, 0.3) is 0 Å². The van der Waals surface area contributed by atoms with Crippen LogP contribution in [0.4, 0.5) is 11.5 Å². The fourth-order valence-electron chi connectivity index (χ4n) is 1.73. The van der Waals surface area contributed by atoms with Crippen molar-refractivity contribution in [3.63, 3.8) is 0 Å². The van der Waals surface area contributed by atoms with Gasteiger partial charge < -0.3 is 10.4 Å². The van der Waals surface area contributed by atoms with E-state index in [1.165, 1.54) is 0 Å². The number of rotatable bonds is 5. The Morgan fingerprint density at radius 2 is 2.19 bits per heavy atom. The highest BCUT2D eigenvalue weighted by Gasteiger charge is 2.20. The first-order valence-corrected chi connectivity index (χ1v) is 6.04. The van der Waals surface area contributed by atoms with Gasteiger partial charge in [0, 0.05) is 18.5 Å². The molecule has 0 bridgehead atoms. The number of nitro groups is 1. The monoisotopic (exact) mass is 288 g/mol. The van der Waals surface area contributed by atoms with Crippen LogP contribution in [-0.2, 0) is 0 Å². The van der Waals surface area contributed by atoms with Crippen LogP contribution in [0.1, 0.15) is 29.0 Å². The van der Waals surface area contributed by atoms with Crippen molar-refractivity contribution in [1.29, 1.82) is 0 Å². The maximum absolute atomic E-state index is 11.0. The van der Waals surface area contributed by atoms with Crippen LogP contribution in [0.3, 0.4) is 0 Å². The zero-order chi connectivity index (χ0) is 15.4. The summed E-state index contributed by atoms with van der Waals surface area (Å²) >= 11 is 0. The van der Waals surface area contributed by atoms with E-state index in [0.29, 0.717) is 5.69 Å². The molecule has 1 unspecified atom stereocenters. The summed E-state index contributed by atoms with van der Waals surface area (Å²) in [6.45, 7) is 1.78. The molecule has 8 nitrogen and oxygen atoms in total. The third kappa shape index (κ3) is 3.30.